The number of nitrogens with zero attached hydrogens (tertiary/aromatic N) is 1. The maximum absolute atomic E-state index is 11.7. The SMILES string of the molecule is NC(=O)c1cccc(CCNC(=O)NCc2ccncc2)c1. The van der Waals surface area contributed by atoms with Gasteiger partial charge in [-0.1, -0.05) is 12.1 Å². The van der Waals surface area contributed by atoms with Crippen molar-refractivity contribution in [3.63, 3.8) is 0 Å². The number of hydrogen-bond donors (Lipinski definition) is 3. The summed E-state index contributed by atoms with van der Waals surface area (Å²) in [7, 11) is 0. The lowest BCUT2D eigenvalue weighted by molar-refractivity contribution is 0.1000. The Bertz CT molecular complexity index is 644. The number of nitrogens with two attached hydrogens (primary N) is 1. The average Bonchev–Trinajstić information content (AvgIpc) is 2.54. The number of rotatable bonds is 6. The zero-order chi connectivity index (χ0) is 15.8. The lowest BCUT2D eigenvalue weighted by Crippen LogP contribution is -2.36. The first-order chi connectivity index (χ1) is 10.6. The maximum atomic E-state index is 11.7. The molecular formula is C16H18N4O2. The van der Waals surface area contributed by atoms with Gasteiger partial charge in [0.05, 0.1) is 0 Å². The number of carbonyl (C=O) groups is 2. The van der Waals surface area contributed by atoms with Gasteiger partial charge < -0.3 is 16.4 Å². The average molecular weight is 298 g/mol. The van der Waals surface area contributed by atoms with E-state index in [4.69, 9.17) is 5.73 Å². The highest BCUT2D eigenvalue weighted by atomic mass is 16.2. The molecule has 3 amide bonds. The molecule has 1 aromatic carbocycles. The van der Waals surface area contributed by atoms with Crippen LogP contribution < -0.4 is 16.4 Å². The fraction of sp³-hybridized carbons (Fsp3) is 0.188. The molecule has 0 saturated carbocycles. The van der Waals surface area contributed by atoms with E-state index in [9.17, 15) is 9.59 Å². The first-order valence-corrected chi connectivity index (χ1v) is 6.94. The molecular weight excluding hydrogens is 280 g/mol. The smallest absolute Gasteiger partial charge is 0.315 e. The molecule has 4 N–H and O–H groups in total. The summed E-state index contributed by atoms with van der Waals surface area (Å²) >= 11 is 0. The van der Waals surface area contributed by atoms with Gasteiger partial charge in [-0.3, -0.25) is 9.78 Å². The number of primary amides is 1. The summed E-state index contributed by atoms with van der Waals surface area (Å²) in [5, 5.41) is 5.53. The molecule has 1 aromatic heterocycles. The third-order valence-electron chi connectivity index (χ3n) is 3.11. The minimum absolute atomic E-state index is 0.233. The summed E-state index contributed by atoms with van der Waals surface area (Å²) in [6.07, 6.45) is 3.99. The van der Waals surface area contributed by atoms with Crippen molar-refractivity contribution in [1.82, 2.24) is 15.6 Å². The molecule has 6 nitrogen and oxygen atoms in total. The number of amides is 3. The Morgan fingerprint density at radius 3 is 2.55 bits per heavy atom. The van der Waals surface area contributed by atoms with Gasteiger partial charge in [0.15, 0.2) is 0 Å². The molecule has 0 saturated heterocycles. The second-order valence-electron chi connectivity index (χ2n) is 4.78. The standard InChI is InChI=1S/C16H18N4O2/c17-15(21)14-3-1-2-12(10-14)6-9-19-16(22)20-11-13-4-7-18-8-5-13/h1-5,7-8,10H,6,9,11H2,(H2,17,21)(H2,19,20,22). The van der Waals surface area contributed by atoms with Crippen LogP contribution in [0.5, 0.6) is 0 Å². The van der Waals surface area contributed by atoms with E-state index in [1.807, 2.05) is 18.2 Å². The molecule has 114 valence electrons. The molecule has 0 fully saturated rings. The van der Waals surface area contributed by atoms with E-state index >= 15 is 0 Å². The van der Waals surface area contributed by atoms with Gasteiger partial charge in [0.25, 0.3) is 0 Å². The summed E-state index contributed by atoms with van der Waals surface area (Å²) in [6, 6.07) is 10.5. The van der Waals surface area contributed by atoms with Crippen LogP contribution >= 0.6 is 0 Å². The fourth-order valence-electron chi connectivity index (χ4n) is 1.95. The van der Waals surface area contributed by atoms with Crippen LogP contribution in [0, 0.1) is 0 Å². The van der Waals surface area contributed by atoms with Gasteiger partial charge in [-0.15, -0.1) is 0 Å². The number of aromatic nitrogens is 1. The molecule has 22 heavy (non-hydrogen) atoms. The number of hydrogen-bond acceptors (Lipinski definition) is 3. The zero-order valence-corrected chi connectivity index (χ0v) is 12.1. The third-order valence-corrected chi connectivity index (χ3v) is 3.11. The van der Waals surface area contributed by atoms with E-state index in [-0.39, 0.29) is 6.03 Å². The van der Waals surface area contributed by atoms with E-state index in [1.54, 1.807) is 30.6 Å². The summed E-state index contributed by atoms with van der Waals surface area (Å²) in [4.78, 5) is 26.7. The van der Waals surface area contributed by atoms with Crippen molar-refractivity contribution in [2.45, 2.75) is 13.0 Å². The fourth-order valence-corrected chi connectivity index (χ4v) is 1.95. The maximum Gasteiger partial charge on any atom is 0.315 e. The third kappa shape index (κ3) is 4.90. The predicted octanol–water partition coefficient (Wildman–Crippen LogP) is 1.22. The van der Waals surface area contributed by atoms with Crippen molar-refractivity contribution in [3.05, 3.63) is 65.5 Å². The van der Waals surface area contributed by atoms with Crippen LogP contribution in [-0.2, 0) is 13.0 Å². The van der Waals surface area contributed by atoms with Crippen LogP contribution in [0.15, 0.2) is 48.8 Å². The highest BCUT2D eigenvalue weighted by Crippen LogP contribution is 2.05. The van der Waals surface area contributed by atoms with Crippen molar-refractivity contribution in [1.29, 1.82) is 0 Å². The van der Waals surface area contributed by atoms with Crippen molar-refractivity contribution < 1.29 is 9.59 Å². The molecule has 0 aliphatic carbocycles. The molecule has 2 rings (SSSR count). The monoisotopic (exact) mass is 298 g/mol. The molecule has 0 unspecified atom stereocenters. The van der Waals surface area contributed by atoms with Crippen molar-refractivity contribution in [3.8, 4) is 0 Å². The Morgan fingerprint density at radius 1 is 1.05 bits per heavy atom. The van der Waals surface area contributed by atoms with Gasteiger partial charge in [0, 0.05) is 31.0 Å². The quantitative estimate of drug-likeness (QED) is 0.748. The van der Waals surface area contributed by atoms with E-state index < -0.39 is 5.91 Å². The molecule has 0 aliphatic rings. The topological polar surface area (TPSA) is 97.1 Å². The Kier molecular flexibility index (Phi) is 5.48. The van der Waals surface area contributed by atoms with E-state index in [1.165, 1.54) is 0 Å². The number of benzene rings is 1. The van der Waals surface area contributed by atoms with Gasteiger partial charge in [-0.25, -0.2) is 4.79 Å². The Morgan fingerprint density at radius 2 is 1.82 bits per heavy atom. The highest BCUT2D eigenvalue weighted by molar-refractivity contribution is 5.92. The summed E-state index contributed by atoms with van der Waals surface area (Å²) in [5.74, 6) is -0.454. The Hall–Kier alpha value is -2.89. The number of pyridine rings is 1. The zero-order valence-electron chi connectivity index (χ0n) is 12.1. The van der Waals surface area contributed by atoms with Crippen LogP contribution in [0.25, 0.3) is 0 Å². The molecule has 0 radical (unpaired) electrons. The number of urea groups is 1. The molecule has 0 atom stereocenters. The summed E-state index contributed by atoms with van der Waals surface area (Å²) < 4.78 is 0. The minimum Gasteiger partial charge on any atom is -0.366 e. The van der Waals surface area contributed by atoms with Crippen molar-refractivity contribution in [2.24, 2.45) is 5.73 Å². The van der Waals surface area contributed by atoms with Gasteiger partial charge in [0.2, 0.25) is 5.91 Å². The van der Waals surface area contributed by atoms with Crippen LogP contribution in [0.1, 0.15) is 21.5 Å². The molecule has 0 spiro atoms. The minimum atomic E-state index is -0.454. The highest BCUT2D eigenvalue weighted by Gasteiger charge is 2.03. The Labute approximate surface area is 128 Å². The second-order valence-corrected chi connectivity index (χ2v) is 4.78. The Balaban J connectivity index is 1.73. The van der Waals surface area contributed by atoms with Crippen LogP contribution in [0.3, 0.4) is 0 Å². The largest absolute Gasteiger partial charge is 0.366 e. The molecule has 6 heteroatoms. The summed E-state index contributed by atoms with van der Waals surface area (Å²) in [5.41, 5.74) is 7.64. The van der Waals surface area contributed by atoms with Gasteiger partial charge in [-0.05, 0) is 41.8 Å². The van der Waals surface area contributed by atoms with Crippen LogP contribution in [-0.4, -0.2) is 23.5 Å². The second kappa shape index (κ2) is 7.78. The van der Waals surface area contributed by atoms with E-state index in [0.29, 0.717) is 25.1 Å². The number of nitrogens with one attached hydrogen (secondary N) is 2. The molecule has 1 heterocycles. The molecule has 0 bridgehead atoms. The van der Waals surface area contributed by atoms with Crippen molar-refractivity contribution in [2.75, 3.05) is 6.54 Å². The predicted molar refractivity (Wildman–Crippen MR) is 83.1 cm³/mol. The normalized spacial score (nSPS) is 10.0. The summed E-state index contributed by atoms with van der Waals surface area (Å²) in [6.45, 7) is 0.926. The first-order valence-electron chi connectivity index (χ1n) is 6.94. The molecule has 0 aliphatic heterocycles. The van der Waals surface area contributed by atoms with Gasteiger partial charge >= 0.3 is 6.03 Å². The van der Waals surface area contributed by atoms with Gasteiger partial charge in [-0.2, -0.15) is 0 Å². The van der Waals surface area contributed by atoms with E-state index in [2.05, 4.69) is 15.6 Å². The van der Waals surface area contributed by atoms with Crippen molar-refractivity contribution >= 4 is 11.9 Å². The van der Waals surface area contributed by atoms with Gasteiger partial charge in [0.1, 0.15) is 0 Å². The molecule has 2 aromatic rings. The first kappa shape index (κ1) is 15.5. The van der Waals surface area contributed by atoms with Crippen LogP contribution in [0.4, 0.5) is 4.79 Å². The van der Waals surface area contributed by atoms with Crippen LogP contribution in [0.2, 0.25) is 0 Å². The lowest BCUT2D eigenvalue weighted by atomic mass is 10.1. The lowest BCUT2D eigenvalue weighted by Gasteiger charge is -2.08. The number of carbonyl (C=O) groups excluding carboxylic acids is 2. The van der Waals surface area contributed by atoms with E-state index in [0.717, 1.165) is 11.1 Å².